The molecule has 0 aliphatic carbocycles. The van der Waals surface area contributed by atoms with Crippen molar-refractivity contribution in [1.82, 2.24) is 10.6 Å². The Morgan fingerprint density at radius 2 is 2.10 bits per heavy atom. The summed E-state index contributed by atoms with van der Waals surface area (Å²) in [5.74, 6) is 0. The molecule has 6 heteroatoms. The van der Waals surface area contributed by atoms with Crippen molar-refractivity contribution in [3.8, 4) is 0 Å². The number of nitrogens with one attached hydrogen (secondary N) is 2. The van der Waals surface area contributed by atoms with Crippen LogP contribution in [-0.2, 0) is 6.42 Å². The van der Waals surface area contributed by atoms with E-state index >= 15 is 0 Å². The number of urea groups is 1. The highest BCUT2D eigenvalue weighted by atomic mass is 79.9. The van der Waals surface area contributed by atoms with Crippen LogP contribution in [0.2, 0.25) is 4.34 Å². The van der Waals surface area contributed by atoms with E-state index in [0.29, 0.717) is 6.54 Å². The SMILES string of the molecule is CC(NC(=O)NCCc1ccccc1Br)c1ccc(Cl)s1. The fraction of sp³-hybridized carbons (Fsp3) is 0.267. The predicted octanol–water partition coefficient (Wildman–Crippen LogP) is 4.77. The number of carbonyl (C=O) groups is 1. The molecule has 1 aromatic heterocycles. The highest BCUT2D eigenvalue weighted by Gasteiger charge is 2.11. The van der Waals surface area contributed by atoms with E-state index in [1.165, 1.54) is 16.9 Å². The van der Waals surface area contributed by atoms with Gasteiger partial charge in [-0.05, 0) is 37.1 Å². The molecule has 0 fully saturated rings. The van der Waals surface area contributed by atoms with Gasteiger partial charge >= 0.3 is 6.03 Å². The molecule has 0 saturated carbocycles. The molecule has 1 aromatic carbocycles. The molecule has 2 N–H and O–H groups in total. The molecule has 0 aliphatic heterocycles. The summed E-state index contributed by atoms with van der Waals surface area (Å²) >= 11 is 10.9. The van der Waals surface area contributed by atoms with Crippen molar-refractivity contribution >= 4 is 44.9 Å². The van der Waals surface area contributed by atoms with Crippen LogP contribution in [0.5, 0.6) is 0 Å². The van der Waals surface area contributed by atoms with E-state index in [1.807, 2.05) is 43.3 Å². The van der Waals surface area contributed by atoms with Crippen LogP contribution < -0.4 is 10.6 Å². The van der Waals surface area contributed by atoms with Gasteiger partial charge < -0.3 is 10.6 Å². The van der Waals surface area contributed by atoms with Crippen molar-refractivity contribution in [1.29, 1.82) is 0 Å². The molecule has 112 valence electrons. The van der Waals surface area contributed by atoms with Gasteiger partial charge in [-0.15, -0.1) is 11.3 Å². The Bertz CT molecular complexity index is 617. The molecule has 0 bridgehead atoms. The molecule has 0 saturated heterocycles. The summed E-state index contributed by atoms with van der Waals surface area (Å²) in [6.45, 7) is 2.53. The second-order valence-corrected chi connectivity index (χ2v) is 7.21. The van der Waals surface area contributed by atoms with Gasteiger partial charge in [-0.3, -0.25) is 0 Å². The fourth-order valence-electron chi connectivity index (χ4n) is 1.89. The number of hydrogen-bond acceptors (Lipinski definition) is 2. The van der Waals surface area contributed by atoms with Crippen LogP contribution in [0, 0.1) is 0 Å². The van der Waals surface area contributed by atoms with Gasteiger partial charge in [0.05, 0.1) is 10.4 Å². The summed E-state index contributed by atoms with van der Waals surface area (Å²) in [6.07, 6.45) is 0.786. The number of hydrogen-bond donors (Lipinski definition) is 2. The van der Waals surface area contributed by atoms with Crippen LogP contribution in [0.15, 0.2) is 40.9 Å². The highest BCUT2D eigenvalue weighted by Crippen LogP contribution is 2.26. The van der Waals surface area contributed by atoms with Crippen molar-refractivity contribution in [2.75, 3.05) is 6.54 Å². The lowest BCUT2D eigenvalue weighted by Crippen LogP contribution is -2.37. The molecule has 1 atom stereocenters. The molecule has 0 radical (unpaired) electrons. The molecule has 21 heavy (non-hydrogen) atoms. The maximum Gasteiger partial charge on any atom is 0.315 e. The Kier molecular flexibility index (Phi) is 6.08. The van der Waals surface area contributed by atoms with Gasteiger partial charge in [-0.25, -0.2) is 4.79 Å². The van der Waals surface area contributed by atoms with Crippen LogP contribution in [0.1, 0.15) is 23.4 Å². The topological polar surface area (TPSA) is 41.1 Å². The summed E-state index contributed by atoms with van der Waals surface area (Å²) in [5, 5.41) is 5.77. The molecule has 0 aliphatic rings. The minimum absolute atomic E-state index is 0.0500. The third-order valence-electron chi connectivity index (χ3n) is 3.01. The zero-order valence-electron chi connectivity index (χ0n) is 11.5. The summed E-state index contributed by atoms with van der Waals surface area (Å²) < 4.78 is 1.79. The monoisotopic (exact) mass is 386 g/mol. The summed E-state index contributed by atoms with van der Waals surface area (Å²) in [7, 11) is 0. The smallest absolute Gasteiger partial charge is 0.315 e. The van der Waals surface area contributed by atoms with Crippen molar-refractivity contribution in [2.45, 2.75) is 19.4 Å². The number of rotatable bonds is 5. The molecule has 0 spiro atoms. The van der Waals surface area contributed by atoms with Gasteiger partial charge in [-0.2, -0.15) is 0 Å². The Balaban J connectivity index is 1.76. The van der Waals surface area contributed by atoms with Crippen LogP contribution >= 0.6 is 38.9 Å². The Morgan fingerprint density at radius 3 is 2.76 bits per heavy atom. The first-order chi connectivity index (χ1) is 10.1. The third-order valence-corrected chi connectivity index (χ3v) is 5.19. The van der Waals surface area contributed by atoms with E-state index in [2.05, 4.69) is 26.6 Å². The normalized spacial score (nSPS) is 12.0. The average molecular weight is 388 g/mol. The van der Waals surface area contributed by atoms with E-state index in [0.717, 1.165) is 20.1 Å². The van der Waals surface area contributed by atoms with Gasteiger partial charge in [0.15, 0.2) is 0 Å². The zero-order chi connectivity index (χ0) is 15.2. The van der Waals surface area contributed by atoms with E-state index in [-0.39, 0.29) is 12.1 Å². The zero-order valence-corrected chi connectivity index (χ0v) is 14.7. The van der Waals surface area contributed by atoms with Gasteiger partial charge in [0.1, 0.15) is 0 Å². The van der Waals surface area contributed by atoms with Crippen molar-refractivity contribution in [3.05, 3.63) is 55.6 Å². The molecule has 1 heterocycles. The molecular weight excluding hydrogens is 372 g/mol. The van der Waals surface area contributed by atoms with Crippen molar-refractivity contribution in [2.24, 2.45) is 0 Å². The van der Waals surface area contributed by atoms with Gasteiger partial charge in [0.25, 0.3) is 0 Å². The summed E-state index contributed by atoms with van der Waals surface area (Å²) in [5.41, 5.74) is 1.18. The lowest BCUT2D eigenvalue weighted by atomic mass is 10.1. The molecule has 2 rings (SSSR count). The fourth-order valence-corrected chi connectivity index (χ4v) is 3.44. The lowest BCUT2D eigenvalue weighted by Gasteiger charge is -2.13. The molecular formula is C15H16BrClN2OS. The maximum absolute atomic E-state index is 11.8. The maximum atomic E-state index is 11.8. The molecule has 1 unspecified atom stereocenters. The van der Waals surface area contributed by atoms with Gasteiger partial charge in [0.2, 0.25) is 0 Å². The largest absolute Gasteiger partial charge is 0.338 e. The Morgan fingerprint density at radius 1 is 1.33 bits per heavy atom. The number of benzene rings is 1. The lowest BCUT2D eigenvalue weighted by molar-refractivity contribution is 0.238. The molecule has 2 aromatic rings. The Hall–Kier alpha value is -1.04. The first-order valence-corrected chi connectivity index (χ1v) is 8.58. The van der Waals surface area contributed by atoms with E-state index in [1.54, 1.807) is 0 Å². The van der Waals surface area contributed by atoms with Crippen LogP contribution in [-0.4, -0.2) is 12.6 Å². The minimum atomic E-state index is -0.168. The minimum Gasteiger partial charge on any atom is -0.338 e. The molecule has 3 nitrogen and oxygen atoms in total. The van der Waals surface area contributed by atoms with Crippen LogP contribution in [0.25, 0.3) is 0 Å². The van der Waals surface area contributed by atoms with Gasteiger partial charge in [0, 0.05) is 15.9 Å². The van der Waals surface area contributed by atoms with Crippen molar-refractivity contribution < 1.29 is 4.79 Å². The van der Waals surface area contributed by atoms with E-state index in [4.69, 9.17) is 11.6 Å². The quantitative estimate of drug-likeness (QED) is 0.762. The number of thiophene rings is 1. The highest BCUT2D eigenvalue weighted by molar-refractivity contribution is 9.10. The van der Waals surface area contributed by atoms with E-state index < -0.39 is 0 Å². The second-order valence-electron chi connectivity index (χ2n) is 4.61. The number of halogens is 2. The Labute approximate surface area is 141 Å². The third kappa shape index (κ3) is 5.02. The standard InChI is InChI=1S/C15H16BrClN2OS/c1-10(13-6-7-14(17)21-13)19-15(20)18-9-8-11-4-2-3-5-12(11)16/h2-7,10H,8-9H2,1H3,(H2,18,19,20). The summed E-state index contributed by atoms with van der Waals surface area (Å²) in [6, 6.07) is 11.6. The first kappa shape index (κ1) is 16.3. The van der Waals surface area contributed by atoms with Crippen LogP contribution in [0.3, 0.4) is 0 Å². The average Bonchev–Trinajstić information content (AvgIpc) is 2.88. The molecule has 2 amide bonds. The second kappa shape index (κ2) is 7.82. The summed E-state index contributed by atoms with van der Waals surface area (Å²) in [4.78, 5) is 12.9. The number of carbonyl (C=O) groups excluding carboxylic acids is 1. The number of amides is 2. The predicted molar refractivity (Wildman–Crippen MR) is 92.1 cm³/mol. The van der Waals surface area contributed by atoms with E-state index in [9.17, 15) is 4.79 Å². The first-order valence-electron chi connectivity index (χ1n) is 6.59. The van der Waals surface area contributed by atoms with Crippen molar-refractivity contribution in [3.63, 3.8) is 0 Å². The van der Waals surface area contributed by atoms with Crippen LogP contribution in [0.4, 0.5) is 4.79 Å². The van der Waals surface area contributed by atoms with Gasteiger partial charge in [-0.1, -0.05) is 45.7 Å².